The van der Waals surface area contributed by atoms with Crippen molar-refractivity contribution in [2.24, 2.45) is 0 Å². The molecular formula is C20H23ClN2O3S. The zero-order valence-corrected chi connectivity index (χ0v) is 17.2. The van der Waals surface area contributed by atoms with Crippen molar-refractivity contribution < 1.29 is 13.2 Å². The highest BCUT2D eigenvalue weighted by Crippen LogP contribution is 2.31. The van der Waals surface area contributed by atoms with Crippen molar-refractivity contribution in [1.29, 1.82) is 0 Å². The van der Waals surface area contributed by atoms with Crippen LogP contribution >= 0.6 is 11.6 Å². The Morgan fingerprint density at radius 3 is 2.44 bits per heavy atom. The summed E-state index contributed by atoms with van der Waals surface area (Å²) in [4.78, 5) is 13.1. The average Bonchev–Trinajstić information content (AvgIpc) is 3.04. The molecule has 2 aromatic carbocycles. The molecule has 0 saturated carbocycles. The fraction of sp³-hybridized carbons (Fsp3) is 0.350. The fourth-order valence-electron chi connectivity index (χ4n) is 3.77. The molecule has 1 unspecified atom stereocenters. The molecule has 27 heavy (non-hydrogen) atoms. The maximum absolute atomic E-state index is 13.3. The monoisotopic (exact) mass is 406 g/mol. The smallest absolute Gasteiger partial charge is 0.244 e. The predicted octanol–water partition coefficient (Wildman–Crippen LogP) is 4.06. The van der Waals surface area contributed by atoms with Gasteiger partial charge in [-0.2, -0.15) is 4.31 Å². The van der Waals surface area contributed by atoms with Gasteiger partial charge in [0.15, 0.2) is 0 Å². The SMILES string of the molecule is Cc1cc(C)c(S(=O)(=O)N2CCCC2C(=O)Nc2cccc(Cl)c2)c(C)c1. The summed E-state index contributed by atoms with van der Waals surface area (Å²) in [6, 6.07) is 9.81. The zero-order chi connectivity index (χ0) is 19.8. The van der Waals surface area contributed by atoms with E-state index in [-0.39, 0.29) is 5.91 Å². The number of sulfonamides is 1. The zero-order valence-electron chi connectivity index (χ0n) is 15.6. The molecule has 0 aromatic heterocycles. The lowest BCUT2D eigenvalue weighted by atomic mass is 10.1. The van der Waals surface area contributed by atoms with Gasteiger partial charge in [0, 0.05) is 17.3 Å². The van der Waals surface area contributed by atoms with E-state index in [0.717, 1.165) is 5.56 Å². The molecule has 1 amide bonds. The van der Waals surface area contributed by atoms with Crippen molar-refractivity contribution >= 4 is 33.2 Å². The van der Waals surface area contributed by atoms with Gasteiger partial charge in [0.25, 0.3) is 0 Å². The van der Waals surface area contributed by atoms with Crippen LogP contribution in [0.5, 0.6) is 0 Å². The van der Waals surface area contributed by atoms with Crippen LogP contribution in [0.25, 0.3) is 0 Å². The molecule has 1 atom stereocenters. The van der Waals surface area contributed by atoms with Crippen LogP contribution in [0.2, 0.25) is 5.02 Å². The molecule has 0 radical (unpaired) electrons. The number of hydrogen-bond acceptors (Lipinski definition) is 3. The summed E-state index contributed by atoms with van der Waals surface area (Å²) in [5.74, 6) is -0.333. The molecule has 5 nitrogen and oxygen atoms in total. The summed E-state index contributed by atoms with van der Waals surface area (Å²) >= 11 is 5.96. The normalized spacial score (nSPS) is 17.9. The van der Waals surface area contributed by atoms with Gasteiger partial charge in [0.2, 0.25) is 15.9 Å². The molecule has 1 heterocycles. The summed E-state index contributed by atoms with van der Waals surface area (Å²) < 4.78 is 28.0. The molecule has 144 valence electrons. The highest BCUT2D eigenvalue weighted by molar-refractivity contribution is 7.89. The first-order valence-electron chi connectivity index (χ1n) is 8.86. The number of hydrogen-bond donors (Lipinski definition) is 1. The van der Waals surface area contributed by atoms with Crippen molar-refractivity contribution in [1.82, 2.24) is 4.31 Å². The average molecular weight is 407 g/mol. The van der Waals surface area contributed by atoms with Crippen molar-refractivity contribution in [3.05, 3.63) is 58.1 Å². The Bertz CT molecular complexity index is 965. The number of nitrogens with zero attached hydrogens (tertiary/aromatic N) is 1. The van der Waals surface area contributed by atoms with E-state index in [9.17, 15) is 13.2 Å². The van der Waals surface area contributed by atoms with Gasteiger partial charge in [0.1, 0.15) is 6.04 Å². The Kier molecular flexibility index (Phi) is 5.60. The van der Waals surface area contributed by atoms with Crippen LogP contribution in [0.15, 0.2) is 41.3 Å². The second-order valence-electron chi connectivity index (χ2n) is 7.00. The van der Waals surface area contributed by atoms with Crippen LogP contribution < -0.4 is 5.32 Å². The Morgan fingerprint density at radius 1 is 1.15 bits per heavy atom. The lowest BCUT2D eigenvalue weighted by molar-refractivity contribution is -0.119. The van der Waals surface area contributed by atoms with E-state index in [1.54, 1.807) is 38.1 Å². The van der Waals surface area contributed by atoms with E-state index < -0.39 is 16.1 Å². The van der Waals surface area contributed by atoms with Crippen molar-refractivity contribution in [2.45, 2.75) is 44.6 Å². The first kappa shape index (κ1) is 19.9. The van der Waals surface area contributed by atoms with E-state index in [2.05, 4.69) is 5.32 Å². The topological polar surface area (TPSA) is 66.5 Å². The molecule has 0 bridgehead atoms. The summed E-state index contributed by atoms with van der Waals surface area (Å²) in [6.07, 6.45) is 1.15. The molecule has 0 spiro atoms. The van der Waals surface area contributed by atoms with E-state index >= 15 is 0 Å². The van der Waals surface area contributed by atoms with E-state index in [1.807, 2.05) is 19.1 Å². The Labute approximate surface area is 165 Å². The van der Waals surface area contributed by atoms with Gasteiger partial charge >= 0.3 is 0 Å². The maximum atomic E-state index is 13.3. The van der Waals surface area contributed by atoms with Gasteiger partial charge in [0.05, 0.1) is 4.90 Å². The number of amides is 1. The molecule has 1 N–H and O–H groups in total. The Balaban J connectivity index is 1.90. The maximum Gasteiger partial charge on any atom is 0.244 e. The number of rotatable bonds is 4. The van der Waals surface area contributed by atoms with Gasteiger partial charge in [-0.25, -0.2) is 8.42 Å². The second kappa shape index (κ2) is 7.62. The summed E-state index contributed by atoms with van der Waals surface area (Å²) in [6.45, 7) is 5.87. The molecular weight excluding hydrogens is 384 g/mol. The first-order valence-corrected chi connectivity index (χ1v) is 10.7. The summed E-state index contributed by atoms with van der Waals surface area (Å²) in [7, 11) is -3.77. The van der Waals surface area contributed by atoms with E-state index in [0.29, 0.717) is 46.1 Å². The van der Waals surface area contributed by atoms with Gasteiger partial charge in [-0.05, 0) is 62.9 Å². The van der Waals surface area contributed by atoms with Crippen LogP contribution in [0.4, 0.5) is 5.69 Å². The molecule has 0 aliphatic carbocycles. The number of anilines is 1. The van der Waals surface area contributed by atoms with Gasteiger partial charge in [-0.15, -0.1) is 0 Å². The number of carbonyl (C=O) groups is 1. The highest BCUT2D eigenvalue weighted by Gasteiger charge is 2.40. The minimum Gasteiger partial charge on any atom is -0.325 e. The van der Waals surface area contributed by atoms with E-state index in [1.165, 1.54) is 4.31 Å². The molecule has 2 aromatic rings. The van der Waals surface area contributed by atoms with Crippen LogP contribution in [-0.2, 0) is 14.8 Å². The summed E-state index contributed by atoms with van der Waals surface area (Å²) in [5, 5.41) is 3.30. The van der Waals surface area contributed by atoms with Crippen molar-refractivity contribution in [3.8, 4) is 0 Å². The fourth-order valence-corrected chi connectivity index (χ4v) is 6.03. The minimum atomic E-state index is -3.77. The van der Waals surface area contributed by atoms with Crippen molar-refractivity contribution in [3.63, 3.8) is 0 Å². The van der Waals surface area contributed by atoms with Gasteiger partial charge in [-0.3, -0.25) is 4.79 Å². The van der Waals surface area contributed by atoms with Gasteiger partial charge in [-0.1, -0.05) is 35.4 Å². The van der Waals surface area contributed by atoms with Crippen molar-refractivity contribution in [2.75, 3.05) is 11.9 Å². The van der Waals surface area contributed by atoms with Crippen LogP contribution in [0.3, 0.4) is 0 Å². The quantitative estimate of drug-likeness (QED) is 0.832. The largest absolute Gasteiger partial charge is 0.325 e. The molecule has 1 saturated heterocycles. The highest BCUT2D eigenvalue weighted by atomic mass is 35.5. The third-order valence-corrected chi connectivity index (χ3v) is 7.22. The third-order valence-electron chi connectivity index (χ3n) is 4.77. The standard InChI is InChI=1S/C20H23ClN2O3S/c1-13-10-14(2)19(15(3)11-13)27(25,26)23-9-5-8-18(23)20(24)22-17-7-4-6-16(21)12-17/h4,6-7,10-12,18H,5,8-9H2,1-3H3,(H,22,24). The number of nitrogens with one attached hydrogen (secondary N) is 1. The molecule has 3 rings (SSSR count). The van der Waals surface area contributed by atoms with Crippen LogP contribution in [-0.4, -0.2) is 31.2 Å². The molecule has 1 aliphatic rings. The number of halogens is 1. The lowest BCUT2D eigenvalue weighted by Gasteiger charge is -2.25. The summed E-state index contributed by atoms with van der Waals surface area (Å²) in [5.41, 5.74) is 2.97. The minimum absolute atomic E-state index is 0.301. The molecule has 7 heteroatoms. The number of aryl methyl sites for hydroxylation is 3. The van der Waals surface area contributed by atoms with E-state index in [4.69, 9.17) is 11.6 Å². The third kappa shape index (κ3) is 4.03. The predicted molar refractivity (Wildman–Crippen MR) is 108 cm³/mol. The number of carbonyl (C=O) groups excluding carboxylic acids is 1. The first-order chi connectivity index (χ1) is 12.7. The Hall–Kier alpha value is -1.89. The molecule has 1 fully saturated rings. The van der Waals surface area contributed by atoms with Gasteiger partial charge < -0.3 is 5.32 Å². The number of benzene rings is 2. The molecule has 1 aliphatic heterocycles. The Morgan fingerprint density at radius 2 is 1.81 bits per heavy atom. The van der Waals surface area contributed by atoms with Crippen LogP contribution in [0, 0.1) is 20.8 Å². The second-order valence-corrected chi connectivity index (χ2v) is 9.27. The lowest BCUT2D eigenvalue weighted by Crippen LogP contribution is -2.43. The van der Waals surface area contributed by atoms with Crippen LogP contribution in [0.1, 0.15) is 29.5 Å².